The van der Waals surface area contributed by atoms with Gasteiger partial charge in [-0.3, -0.25) is 9.59 Å². The first-order valence-electron chi connectivity index (χ1n) is 6.74. The largest absolute Gasteiger partial charge is 0.366 e. The van der Waals surface area contributed by atoms with Gasteiger partial charge in [0.05, 0.1) is 12.1 Å². The van der Waals surface area contributed by atoms with Gasteiger partial charge < -0.3 is 16.4 Å². The van der Waals surface area contributed by atoms with Crippen molar-refractivity contribution in [2.24, 2.45) is 5.73 Å². The molecule has 0 spiro atoms. The van der Waals surface area contributed by atoms with Crippen molar-refractivity contribution in [2.75, 3.05) is 11.9 Å². The summed E-state index contributed by atoms with van der Waals surface area (Å²) in [5, 5.41) is 7.40. The molecule has 0 saturated heterocycles. The number of carbonyl (C=O) groups excluding carboxylic acids is 2. The number of anilines is 1. The number of carbonyl (C=O) groups is 2. The third-order valence-electron chi connectivity index (χ3n) is 3.18. The van der Waals surface area contributed by atoms with E-state index in [0.717, 1.165) is 12.1 Å². The standard InChI is InChI=1S/C15H15F2N3O2S/c1-8(10-3-2-9(16)6-12(10)17)19-7-13(21)20-15-11(14(18)22)4-5-23-15/h2-6,8,19H,7H2,1H3,(H2,18,22)(H,20,21)/t8-/m0/s1. The molecule has 8 heteroatoms. The molecule has 23 heavy (non-hydrogen) atoms. The molecule has 0 aliphatic rings. The van der Waals surface area contributed by atoms with Crippen molar-refractivity contribution in [1.82, 2.24) is 5.32 Å². The van der Waals surface area contributed by atoms with Crippen LogP contribution in [-0.4, -0.2) is 18.4 Å². The highest BCUT2D eigenvalue weighted by atomic mass is 32.1. The highest BCUT2D eigenvalue weighted by Crippen LogP contribution is 2.22. The van der Waals surface area contributed by atoms with E-state index in [0.29, 0.717) is 5.00 Å². The summed E-state index contributed by atoms with van der Waals surface area (Å²) in [7, 11) is 0. The quantitative estimate of drug-likeness (QED) is 0.756. The van der Waals surface area contributed by atoms with Crippen LogP contribution in [0.1, 0.15) is 28.9 Å². The molecule has 0 unspecified atom stereocenters. The van der Waals surface area contributed by atoms with Crippen LogP contribution in [0.2, 0.25) is 0 Å². The molecule has 122 valence electrons. The average Bonchev–Trinajstić information content (AvgIpc) is 2.93. The van der Waals surface area contributed by atoms with E-state index in [2.05, 4.69) is 10.6 Å². The van der Waals surface area contributed by atoms with Crippen molar-refractivity contribution in [1.29, 1.82) is 0 Å². The maximum atomic E-state index is 13.6. The molecule has 1 aromatic heterocycles. The van der Waals surface area contributed by atoms with Crippen LogP contribution >= 0.6 is 11.3 Å². The Morgan fingerprint density at radius 2 is 2.04 bits per heavy atom. The van der Waals surface area contributed by atoms with E-state index in [4.69, 9.17) is 5.73 Å². The van der Waals surface area contributed by atoms with Gasteiger partial charge in [0.1, 0.15) is 16.6 Å². The topological polar surface area (TPSA) is 84.2 Å². The number of hydrogen-bond donors (Lipinski definition) is 3. The summed E-state index contributed by atoms with van der Waals surface area (Å²) < 4.78 is 26.5. The Bertz CT molecular complexity index is 733. The molecular weight excluding hydrogens is 324 g/mol. The molecule has 4 N–H and O–H groups in total. The van der Waals surface area contributed by atoms with E-state index < -0.39 is 29.5 Å². The van der Waals surface area contributed by atoms with Crippen LogP contribution in [0.4, 0.5) is 13.8 Å². The average molecular weight is 339 g/mol. The normalized spacial score (nSPS) is 12.0. The first kappa shape index (κ1) is 17.0. The summed E-state index contributed by atoms with van der Waals surface area (Å²) in [6, 6.07) is 4.30. The Morgan fingerprint density at radius 3 is 2.70 bits per heavy atom. The van der Waals surface area contributed by atoms with Gasteiger partial charge in [0, 0.05) is 17.7 Å². The molecule has 1 atom stereocenters. The zero-order valence-electron chi connectivity index (χ0n) is 12.2. The SMILES string of the molecule is C[C@H](NCC(=O)Nc1sccc1C(N)=O)c1ccc(F)cc1F. The number of thiophene rings is 1. The zero-order chi connectivity index (χ0) is 17.0. The van der Waals surface area contributed by atoms with Gasteiger partial charge >= 0.3 is 0 Å². The smallest absolute Gasteiger partial charge is 0.251 e. The van der Waals surface area contributed by atoms with E-state index in [1.54, 1.807) is 12.3 Å². The maximum Gasteiger partial charge on any atom is 0.251 e. The van der Waals surface area contributed by atoms with Crippen molar-refractivity contribution in [3.8, 4) is 0 Å². The molecule has 1 aromatic carbocycles. The summed E-state index contributed by atoms with van der Waals surface area (Å²) in [6.45, 7) is 1.55. The summed E-state index contributed by atoms with van der Waals surface area (Å²) in [5.74, 6) is -2.37. The summed E-state index contributed by atoms with van der Waals surface area (Å²) in [4.78, 5) is 23.1. The minimum absolute atomic E-state index is 0.103. The third-order valence-corrected chi connectivity index (χ3v) is 4.01. The van der Waals surface area contributed by atoms with Crippen molar-refractivity contribution in [3.63, 3.8) is 0 Å². The van der Waals surface area contributed by atoms with Gasteiger partial charge in [0.25, 0.3) is 5.91 Å². The number of hydrogen-bond acceptors (Lipinski definition) is 4. The Balaban J connectivity index is 1.93. The molecule has 0 radical (unpaired) electrons. The Kier molecular flexibility index (Phi) is 5.41. The van der Waals surface area contributed by atoms with E-state index in [-0.39, 0.29) is 17.7 Å². The van der Waals surface area contributed by atoms with Crippen LogP contribution in [0, 0.1) is 11.6 Å². The van der Waals surface area contributed by atoms with Crippen LogP contribution in [0.5, 0.6) is 0 Å². The maximum absolute atomic E-state index is 13.6. The molecule has 0 aliphatic heterocycles. The fourth-order valence-corrected chi connectivity index (χ4v) is 2.79. The minimum atomic E-state index is -0.681. The molecule has 0 bridgehead atoms. The Morgan fingerprint density at radius 1 is 1.30 bits per heavy atom. The Hall–Kier alpha value is -2.32. The van der Waals surface area contributed by atoms with E-state index >= 15 is 0 Å². The molecule has 5 nitrogen and oxygen atoms in total. The lowest BCUT2D eigenvalue weighted by atomic mass is 10.1. The molecule has 0 saturated carbocycles. The predicted molar refractivity (Wildman–Crippen MR) is 84.2 cm³/mol. The van der Waals surface area contributed by atoms with E-state index in [1.807, 2.05) is 0 Å². The molecule has 2 rings (SSSR count). The Labute approximate surface area is 135 Å². The van der Waals surface area contributed by atoms with Gasteiger partial charge in [-0.25, -0.2) is 8.78 Å². The highest BCUT2D eigenvalue weighted by Gasteiger charge is 2.15. The van der Waals surface area contributed by atoms with Crippen LogP contribution in [0.15, 0.2) is 29.6 Å². The molecule has 2 amide bonds. The van der Waals surface area contributed by atoms with Crippen LogP contribution in [-0.2, 0) is 4.79 Å². The van der Waals surface area contributed by atoms with Crippen molar-refractivity contribution in [2.45, 2.75) is 13.0 Å². The fourth-order valence-electron chi connectivity index (χ4n) is 1.98. The van der Waals surface area contributed by atoms with Gasteiger partial charge in [0.15, 0.2) is 0 Å². The number of amides is 2. The second-order valence-corrected chi connectivity index (χ2v) is 5.76. The van der Waals surface area contributed by atoms with E-state index in [9.17, 15) is 18.4 Å². The molecule has 2 aromatic rings. The first-order valence-corrected chi connectivity index (χ1v) is 7.62. The number of primary amides is 1. The number of nitrogens with one attached hydrogen (secondary N) is 2. The van der Waals surface area contributed by atoms with Gasteiger partial charge in [0.2, 0.25) is 5.91 Å². The predicted octanol–water partition coefficient (Wildman–Crippen LogP) is 2.41. The summed E-state index contributed by atoms with van der Waals surface area (Å²) in [5.41, 5.74) is 5.68. The summed E-state index contributed by atoms with van der Waals surface area (Å²) in [6.07, 6.45) is 0. The van der Waals surface area contributed by atoms with Crippen molar-refractivity contribution >= 4 is 28.2 Å². The number of halogens is 2. The number of nitrogens with two attached hydrogens (primary N) is 1. The van der Waals surface area contributed by atoms with E-state index in [1.165, 1.54) is 23.5 Å². The number of benzene rings is 1. The van der Waals surface area contributed by atoms with Crippen LogP contribution in [0.25, 0.3) is 0 Å². The highest BCUT2D eigenvalue weighted by molar-refractivity contribution is 7.14. The molecular formula is C15H15F2N3O2S. The lowest BCUT2D eigenvalue weighted by molar-refractivity contribution is -0.115. The third kappa shape index (κ3) is 4.33. The van der Waals surface area contributed by atoms with Gasteiger partial charge in [-0.2, -0.15) is 0 Å². The molecule has 0 aliphatic carbocycles. The van der Waals surface area contributed by atoms with Crippen LogP contribution in [0.3, 0.4) is 0 Å². The zero-order valence-corrected chi connectivity index (χ0v) is 13.0. The van der Waals surface area contributed by atoms with Gasteiger partial charge in [-0.1, -0.05) is 6.07 Å². The second kappa shape index (κ2) is 7.30. The van der Waals surface area contributed by atoms with Crippen LogP contribution < -0.4 is 16.4 Å². The summed E-state index contributed by atoms with van der Waals surface area (Å²) >= 11 is 1.18. The minimum Gasteiger partial charge on any atom is -0.366 e. The van der Waals surface area contributed by atoms with Crippen molar-refractivity contribution in [3.05, 3.63) is 52.4 Å². The molecule has 1 heterocycles. The fraction of sp³-hybridized carbons (Fsp3) is 0.200. The lowest BCUT2D eigenvalue weighted by Crippen LogP contribution is -2.30. The second-order valence-electron chi connectivity index (χ2n) is 4.84. The van der Waals surface area contributed by atoms with Gasteiger partial charge in [-0.15, -0.1) is 11.3 Å². The lowest BCUT2D eigenvalue weighted by Gasteiger charge is -2.15. The molecule has 0 fully saturated rings. The number of rotatable bonds is 6. The van der Waals surface area contributed by atoms with Crippen molar-refractivity contribution < 1.29 is 18.4 Å². The van der Waals surface area contributed by atoms with Gasteiger partial charge in [-0.05, 0) is 24.4 Å². The monoisotopic (exact) mass is 339 g/mol. The first-order chi connectivity index (χ1) is 10.9.